The van der Waals surface area contributed by atoms with Crippen molar-refractivity contribution in [2.45, 2.75) is 18.7 Å². The molecule has 1 amide bonds. The fourth-order valence-electron chi connectivity index (χ4n) is 2.93. The van der Waals surface area contributed by atoms with Crippen molar-refractivity contribution in [2.75, 3.05) is 23.8 Å². The van der Waals surface area contributed by atoms with Crippen molar-refractivity contribution >= 4 is 27.3 Å². The summed E-state index contributed by atoms with van der Waals surface area (Å²) in [6.45, 7) is 3.52. The molecule has 0 heterocycles. The molecule has 0 saturated heterocycles. The number of phenols is 1. The minimum atomic E-state index is -4.01. The van der Waals surface area contributed by atoms with Crippen molar-refractivity contribution in [3.05, 3.63) is 71.8 Å². The third-order valence-corrected chi connectivity index (χ3v) is 6.18. The maximum absolute atomic E-state index is 12.8. The number of benzene rings is 3. The van der Waals surface area contributed by atoms with Gasteiger partial charge in [0.15, 0.2) is 6.61 Å². The van der Waals surface area contributed by atoms with E-state index in [1.807, 2.05) is 26.0 Å². The molecule has 3 aromatic carbocycles. The fraction of sp³-hybridized carbons (Fsp3) is 0.174. The quantitative estimate of drug-likeness (QED) is 0.444. The van der Waals surface area contributed by atoms with Crippen LogP contribution in [0, 0.1) is 13.8 Å². The van der Waals surface area contributed by atoms with Crippen molar-refractivity contribution in [2.24, 2.45) is 0 Å². The lowest BCUT2D eigenvalue weighted by Gasteiger charge is -2.14. The zero-order chi connectivity index (χ0) is 23.3. The van der Waals surface area contributed by atoms with Crippen LogP contribution in [-0.4, -0.2) is 33.1 Å². The maximum Gasteiger partial charge on any atom is 0.262 e. The average Bonchev–Trinajstić information content (AvgIpc) is 2.76. The summed E-state index contributed by atoms with van der Waals surface area (Å²) in [5.74, 6) is 0.100. The number of phenolic OH excluding ortho intramolecular Hbond substituents is 1. The highest BCUT2D eigenvalue weighted by Gasteiger charge is 2.19. The second kappa shape index (κ2) is 9.61. The molecular weight excluding hydrogens is 432 g/mol. The van der Waals surface area contributed by atoms with Crippen LogP contribution < -0.4 is 19.5 Å². The number of hydrogen-bond acceptors (Lipinski definition) is 6. The van der Waals surface area contributed by atoms with E-state index in [1.165, 1.54) is 25.3 Å². The predicted molar refractivity (Wildman–Crippen MR) is 122 cm³/mol. The largest absolute Gasteiger partial charge is 0.506 e. The number of para-hydroxylation sites is 2. The van der Waals surface area contributed by atoms with Crippen LogP contribution in [0.2, 0.25) is 0 Å². The van der Waals surface area contributed by atoms with Gasteiger partial charge in [0.1, 0.15) is 17.2 Å². The lowest BCUT2D eigenvalue weighted by atomic mass is 10.1. The first-order valence-corrected chi connectivity index (χ1v) is 11.2. The van der Waals surface area contributed by atoms with Crippen molar-refractivity contribution < 1.29 is 27.8 Å². The van der Waals surface area contributed by atoms with Crippen molar-refractivity contribution in [3.8, 4) is 17.2 Å². The van der Waals surface area contributed by atoms with Gasteiger partial charge >= 0.3 is 0 Å². The topological polar surface area (TPSA) is 114 Å². The van der Waals surface area contributed by atoms with E-state index in [9.17, 15) is 18.3 Å². The zero-order valence-corrected chi connectivity index (χ0v) is 18.7. The molecule has 0 aliphatic heterocycles. The first kappa shape index (κ1) is 23.0. The summed E-state index contributed by atoms with van der Waals surface area (Å²) in [5.41, 5.74) is 2.15. The number of ether oxygens (including phenoxy) is 2. The monoisotopic (exact) mass is 456 g/mol. The highest BCUT2D eigenvalue weighted by molar-refractivity contribution is 7.92. The van der Waals surface area contributed by atoms with Crippen LogP contribution in [0.15, 0.2) is 65.6 Å². The van der Waals surface area contributed by atoms with E-state index in [4.69, 9.17) is 9.47 Å². The molecular formula is C23H24N2O6S. The van der Waals surface area contributed by atoms with Gasteiger partial charge in [0.25, 0.3) is 15.9 Å². The Hall–Kier alpha value is -3.72. The molecule has 0 atom stereocenters. The number of carbonyl (C=O) groups is 1. The summed E-state index contributed by atoms with van der Waals surface area (Å²) >= 11 is 0. The van der Waals surface area contributed by atoms with Gasteiger partial charge < -0.3 is 19.9 Å². The lowest BCUT2D eigenvalue weighted by Crippen LogP contribution is -2.21. The number of nitrogens with one attached hydrogen (secondary N) is 2. The summed E-state index contributed by atoms with van der Waals surface area (Å²) in [6, 6.07) is 15.7. The van der Waals surface area contributed by atoms with Crippen LogP contribution in [0.5, 0.6) is 17.2 Å². The van der Waals surface area contributed by atoms with Crippen LogP contribution in [0.4, 0.5) is 11.4 Å². The second-order valence-electron chi connectivity index (χ2n) is 7.02. The Labute approximate surface area is 186 Å². The number of anilines is 2. The van der Waals surface area contributed by atoms with Crippen LogP contribution in [0.1, 0.15) is 11.1 Å². The summed E-state index contributed by atoms with van der Waals surface area (Å²) in [6.07, 6.45) is 0. The van der Waals surface area contributed by atoms with Crippen LogP contribution in [0.3, 0.4) is 0 Å². The van der Waals surface area contributed by atoms with Crippen molar-refractivity contribution in [3.63, 3.8) is 0 Å². The van der Waals surface area contributed by atoms with Gasteiger partial charge in [-0.1, -0.05) is 24.3 Å². The van der Waals surface area contributed by atoms with Crippen LogP contribution >= 0.6 is 0 Å². The van der Waals surface area contributed by atoms with E-state index in [-0.39, 0.29) is 28.6 Å². The van der Waals surface area contributed by atoms with Gasteiger partial charge in [-0.05, 0) is 61.4 Å². The molecule has 8 nitrogen and oxygen atoms in total. The summed E-state index contributed by atoms with van der Waals surface area (Å²) < 4.78 is 38.8. The Morgan fingerprint density at radius 3 is 2.44 bits per heavy atom. The van der Waals surface area contributed by atoms with Crippen molar-refractivity contribution in [1.82, 2.24) is 0 Å². The maximum atomic E-state index is 12.8. The van der Waals surface area contributed by atoms with Crippen LogP contribution in [-0.2, 0) is 14.8 Å². The summed E-state index contributed by atoms with van der Waals surface area (Å²) in [4.78, 5) is 12.2. The van der Waals surface area contributed by atoms with E-state index >= 15 is 0 Å². The first-order chi connectivity index (χ1) is 15.2. The van der Waals surface area contributed by atoms with Gasteiger partial charge in [0.2, 0.25) is 0 Å². The van der Waals surface area contributed by atoms with Gasteiger partial charge in [0, 0.05) is 0 Å². The molecule has 0 aliphatic rings. The number of hydrogen-bond donors (Lipinski definition) is 3. The van der Waals surface area contributed by atoms with Crippen molar-refractivity contribution in [1.29, 1.82) is 0 Å². The van der Waals surface area contributed by atoms with Gasteiger partial charge in [-0.3, -0.25) is 9.52 Å². The molecule has 0 aromatic heterocycles. The van der Waals surface area contributed by atoms with E-state index in [1.54, 1.807) is 30.3 Å². The molecule has 0 fully saturated rings. The number of carbonyl (C=O) groups excluding carboxylic acids is 1. The highest BCUT2D eigenvalue weighted by atomic mass is 32.2. The Bertz CT molecular complexity index is 1240. The molecule has 32 heavy (non-hydrogen) atoms. The molecule has 0 radical (unpaired) electrons. The van der Waals surface area contributed by atoms with E-state index in [0.717, 1.165) is 11.1 Å². The highest BCUT2D eigenvalue weighted by Crippen LogP contribution is 2.30. The molecule has 168 valence electrons. The van der Waals surface area contributed by atoms with E-state index < -0.39 is 15.9 Å². The Balaban J connectivity index is 1.74. The number of aromatic hydroxyl groups is 1. The average molecular weight is 457 g/mol. The fourth-order valence-corrected chi connectivity index (χ4v) is 4.02. The minimum Gasteiger partial charge on any atom is -0.506 e. The number of aryl methyl sites for hydroxylation is 1. The molecule has 3 rings (SSSR count). The smallest absolute Gasteiger partial charge is 0.262 e. The number of methoxy groups -OCH3 is 1. The van der Waals surface area contributed by atoms with Gasteiger partial charge in [-0.2, -0.15) is 0 Å². The lowest BCUT2D eigenvalue weighted by molar-refractivity contribution is -0.118. The Morgan fingerprint density at radius 2 is 1.69 bits per heavy atom. The normalized spacial score (nSPS) is 11.0. The third kappa shape index (κ3) is 5.30. The van der Waals surface area contributed by atoms with E-state index in [2.05, 4.69) is 10.0 Å². The predicted octanol–water partition coefficient (Wildman–Crippen LogP) is 3.84. The minimum absolute atomic E-state index is 0.0533. The molecule has 0 saturated carbocycles. The SMILES string of the molecule is COc1ccccc1NS(=O)(=O)c1ccc(O)c(NC(=O)COc2cccc(C)c2C)c1. The molecule has 0 spiro atoms. The van der Waals surface area contributed by atoms with Crippen LogP contribution in [0.25, 0.3) is 0 Å². The third-order valence-electron chi connectivity index (χ3n) is 4.82. The molecule has 9 heteroatoms. The number of sulfonamides is 1. The standard InChI is InChI=1S/C23H24N2O6S/c1-15-7-6-10-21(16(15)2)31-14-23(27)24-19-13-17(11-12-20(19)26)32(28,29)25-18-8-4-5-9-22(18)30-3/h4-13,25-26H,14H2,1-3H3,(H,24,27). The number of rotatable bonds is 8. The zero-order valence-electron chi connectivity index (χ0n) is 17.9. The second-order valence-corrected chi connectivity index (χ2v) is 8.70. The number of amides is 1. The van der Waals surface area contributed by atoms with E-state index in [0.29, 0.717) is 11.5 Å². The Kier molecular flexibility index (Phi) is 6.89. The summed E-state index contributed by atoms with van der Waals surface area (Å²) in [5, 5.41) is 12.6. The van der Waals surface area contributed by atoms with Gasteiger partial charge in [-0.15, -0.1) is 0 Å². The van der Waals surface area contributed by atoms with Gasteiger partial charge in [0.05, 0.1) is 23.4 Å². The molecule has 0 aliphatic carbocycles. The molecule has 3 aromatic rings. The molecule has 0 unspecified atom stereocenters. The summed E-state index contributed by atoms with van der Waals surface area (Å²) in [7, 11) is -2.58. The molecule has 0 bridgehead atoms. The van der Waals surface area contributed by atoms with Gasteiger partial charge in [-0.25, -0.2) is 8.42 Å². The Morgan fingerprint density at radius 1 is 0.969 bits per heavy atom. The first-order valence-electron chi connectivity index (χ1n) is 9.69. The molecule has 3 N–H and O–H groups in total.